The summed E-state index contributed by atoms with van der Waals surface area (Å²) in [4.78, 5) is 11.4. The van der Waals surface area contributed by atoms with Crippen LogP contribution in [-0.4, -0.2) is 15.6 Å². The first-order chi connectivity index (χ1) is 7.75. The molecule has 0 N–H and O–H groups in total. The van der Waals surface area contributed by atoms with Gasteiger partial charge >= 0.3 is 0 Å². The number of hydrogen-bond acceptors (Lipinski definition) is 2. The quantitative estimate of drug-likeness (QED) is 0.732. The molecular formula is C12H9FN2O. The smallest absolute Gasteiger partial charge is 0.183 e. The first kappa shape index (κ1) is 9.27. The Morgan fingerprint density at radius 2 is 2.06 bits per heavy atom. The number of carbonyl (C=O) groups is 1. The summed E-state index contributed by atoms with van der Waals surface area (Å²) < 4.78 is 14.9. The molecule has 1 aromatic carbocycles. The molecule has 16 heavy (non-hydrogen) atoms. The highest BCUT2D eigenvalue weighted by Crippen LogP contribution is 2.22. The van der Waals surface area contributed by atoms with Crippen LogP contribution in [0.15, 0.2) is 30.5 Å². The Hall–Kier alpha value is -1.97. The lowest BCUT2D eigenvalue weighted by Crippen LogP contribution is -2.01. The number of aromatic nitrogens is 2. The van der Waals surface area contributed by atoms with Gasteiger partial charge in [-0.1, -0.05) is 12.1 Å². The van der Waals surface area contributed by atoms with Gasteiger partial charge in [0.1, 0.15) is 17.2 Å². The Morgan fingerprint density at radius 3 is 2.81 bits per heavy atom. The molecule has 3 rings (SSSR count). The Morgan fingerprint density at radius 1 is 1.25 bits per heavy atom. The highest BCUT2D eigenvalue weighted by molar-refractivity contribution is 5.98. The molecule has 0 saturated carbocycles. The number of rotatable bonds is 1. The van der Waals surface area contributed by atoms with Gasteiger partial charge in [-0.3, -0.25) is 4.79 Å². The van der Waals surface area contributed by atoms with Crippen LogP contribution in [0.4, 0.5) is 4.39 Å². The summed E-state index contributed by atoms with van der Waals surface area (Å²) in [6.07, 6.45) is 2.97. The third-order valence-corrected chi connectivity index (χ3v) is 2.77. The lowest BCUT2D eigenvalue weighted by molar-refractivity contribution is 0.0989. The molecule has 3 nitrogen and oxygen atoms in total. The zero-order valence-corrected chi connectivity index (χ0v) is 8.48. The van der Waals surface area contributed by atoms with Crippen molar-refractivity contribution in [3.63, 3.8) is 0 Å². The maximum absolute atomic E-state index is 13.5. The summed E-state index contributed by atoms with van der Waals surface area (Å²) in [6, 6.07) is 6.39. The minimum atomic E-state index is -0.337. The average Bonchev–Trinajstić information content (AvgIpc) is 2.82. The highest BCUT2D eigenvalue weighted by Gasteiger charge is 2.24. The molecule has 1 heterocycles. The Bertz CT molecular complexity index is 574. The molecular weight excluding hydrogens is 207 g/mol. The van der Waals surface area contributed by atoms with Gasteiger partial charge in [0.05, 0.1) is 0 Å². The standard InChI is InChI=1S/C12H9FN2O/c13-9-3-1-2-4-10(9)15-7-8-5-6-11(16)12(8)14-15/h1-4,7H,5-6H2. The normalized spacial score (nSPS) is 14.2. The van der Waals surface area contributed by atoms with Crippen LogP contribution in [0.2, 0.25) is 0 Å². The zero-order chi connectivity index (χ0) is 11.1. The van der Waals surface area contributed by atoms with Gasteiger partial charge in [0.25, 0.3) is 0 Å². The Balaban J connectivity index is 2.12. The van der Waals surface area contributed by atoms with E-state index < -0.39 is 0 Å². The molecule has 4 heteroatoms. The van der Waals surface area contributed by atoms with Gasteiger partial charge in [-0.2, -0.15) is 5.10 Å². The maximum atomic E-state index is 13.5. The molecule has 80 valence electrons. The van der Waals surface area contributed by atoms with Crippen LogP contribution >= 0.6 is 0 Å². The number of hydrogen-bond donors (Lipinski definition) is 0. The number of fused-ring (bicyclic) bond motifs is 1. The number of benzene rings is 1. The number of carbonyl (C=O) groups excluding carboxylic acids is 1. The van der Waals surface area contributed by atoms with Crippen LogP contribution in [0.1, 0.15) is 22.5 Å². The number of nitrogens with zero attached hydrogens (tertiary/aromatic N) is 2. The third kappa shape index (κ3) is 1.26. The molecule has 0 aliphatic heterocycles. The fraction of sp³-hybridized carbons (Fsp3) is 0.167. The summed E-state index contributed by atoms with van der Waals surface area (Å²) >= 11 is 0. The van der Waals surface area contributed by atoms with Crippen LogP contribution in [0.3, 0.4) is 0 Å². The van der Waals surface area contributed by atoms with E-state index in [1.54, 1.807) is 24.4 Å². The van der Waals surface area contributed by atoms with Crippen molar-refractivity contribution in [2.75, 3.05) is 0 Å². The molecule has 0 bridgehead atoms. The zero-order valence-electron chi connectivity index (χ0n) is 8.48. The number of para-hydroxylation sites is 1. The molecule has 1 aromatic heterocycles. The SMILES string of the molecule is O=C1CCc2cn(-c3ccccc3F)nc21. The van der Waals surface area contributed by atoms with Crippen molar-refractivity contribution >= 4 is 5.78 Å². The summed E-state index contributed by atoms with van der Waals surface area (Å²) in [5.74, 6) is -0.291. The molecule has 2 aromatic rings. The maximum Gasteiger partial charge on any atom is 0.183 e. The van der Waals surface area contributed by atoms with Crippen molar-refractivity contribution in [1.82, 2.24) is 9.78 Å². The van der Waals surface area contributed by atoms with Crippen LogP contribution < -0.4 is 0 Å². The molecule has 0 fully saturated rings. The van der Waals surface area contributed by atoms with E-state index in [4.69, 9.17) is 0 Å². The second-order valence-electron chi connectivity index (χ2n) is 3.82. The van der Waals surface area contributed by atoms with E-state index in [0.29, 0.717) is 24.2 Å². The van der Waals surface area contributed by atoms with Gasteiger partial charge in [-0.25, -0.2) is 9.07 Å². The van der Waals surface area contributed by atoms with Crippen molar-refractivity contribution < 1.29 is 9.18 Å². The van der Waals surface area contributed by atoms with Gasteiger partial charge in [0.2, 0.25) is 0 Å². The van der Waals surface area contributed by atoms with E-state index in [9.17, 15) is 9.18 Å². The lowest BCUT2D eigenvalue weighted by Gasteiger charge is -2.02. The average molecular weight is 216 g/mol. The largest absolute Gasteiger partial charge is 0.292 e. The molecule has 0 radical (unpaired) electrons. The third-order valence-electron chi connectivity index (χ3n) is 2.77. The summed E-state index contributed by atoms with van der Waals surface area (Å²) in [5, 5.41) is 4.13. The molecule has 0 unspecified atom stereocenters. The highest BCUT2D eigenvalue weighted by atomic mass is 19.1. The predicted octanol–water partition coefficient (Wildman–Crippen LogP) is 2.14. The van der Waals surface area contributed by atoms with Gasteiger partial charge < -0.3 is 0 Å². The number of halogens is 1. The number of Topliss-reactive ketones (excluding diaryl/α,β-unsaturated/α-hetero) is 1. The second-order valence-corrected chi connectivity index (χ2v) is 3.82. The summed E-state index contributed by atoms with van der Waals surface area (Å²) in [7, 11) is 0. The Labute approximate surface area is 91.5 Å². The van der Waals surface area contributed by atoms with E-state index in [2.05, 4.69) is 5.10 Å². The fourth-order valence-corrected chi connectivity index (χ4v) is 1.95. The summed E-state index contributed by atoms with van der Waals surface area (Å²) in [6.45, 7) is 0. The van der Waals surface area contributed by atoms with Crippen molar-refractivity contribution in [3.05, 3.63) is 47.5 Å². The van der Waals surface area contributed by atoms with Crippen molar-refractivity contribution in [2.24, 2.45) is 0 Å². The van der Waals surface area contributed by atoms with E-state index in [1.807, 2.05) is 0 Å². The van der Waals surface area contributed by atoms with E-state index in [-0.39, 0.29) is 11.6 Å². The van der Waals surface area contributed by atoms with Gasteiger partial charge in [0.15, 0.2) is 5.78 Å². The topological polar surface area (TPSA) is 34.9 Å². The van der Waals surface area contributed by atoms with Gasteiger partial charge in [0, 0.05) is 18.2 Å². The van der Waals surface area contributed by atoms with E-state index in [1.165, 1.54) is 10.7 Å². The van der Waals surface area contributed by atoms with Gasteiger partial charge in [-0.05, 0) is 18.6 Å². The minimum Gasteiger partial charge on any atom is -0.292 e. The van der Waals surface area contributed by atoms with Crippen molar-refractivity contribution in [3.8, 4) is 5.69 Å². The van der Waals surface area contributed by atoms with Crippen LogP contribution in [0.25, 0.3) is 5.69 Å². The fourth-order valence-electron chi connectivity index (χ4n) is 1.95. The first-order valence-corrected chi connectivity index (χ1v) is 5.12. The molecule has 0 spiro atoms. The van der Waals surface area contributed by atoms with E-state index in [0.717, 1.165) is 5.56 Å². The Kier molecular flexibility index (Phi) is 1.89. The molecule has 0 atom stereocenters. The number of ketones is 1. The first-order valence-electron chi connectivity index (χ1n) is 5.12. The summed E-state index contributed by atoms with van der Waals surface area (Å²) in [5.41, 5.74) is 1.78. The molecule has 0 amide bonds. The second kappa shape index (κ2) is 3.27. The monoisotopic (exact) mass is 216 g/mol. The predicted molar refractivity (Wildman–Crippen MR) is 56.2 cm³/mol. The molecule has 1 aliphatic carbocycles. The van der Waals surface area contributed by atoms with Crippen molar-refractivity contribution in [1.29, 1.82) is 0 Å². The minimum absolute atomic E-state index is 0.0464. The number of aryl methyl sites for hydroxylation is 1. The molecule has 1 aliphatic rings. The van der Waals surface area contributed by atoms with Gasteiger partial charge in [-0.15, -0.1) is 0 Å². The van der Waals surface area contributed by atoms with E-state index >= 15 is 0 Å². The molecule has 0 saturated heterocycles. The van der Waals surface area contributed by atoms with Crippen LogP contribution in [0, 0.1) is 5.82 Å². The lowest BCUT2D eigenvalue weighted by atomic mass is 10.3. The van der Waals surface area contributed by atoms with Crippen molar-refractivity contribution in [2.45, 2.75) is 12.8 Å². The van der Waals surface area contributed by atoms with Crippen LogP contribution in [0.5, 0.6) is 0 Å². The van der Waals surface area contributed by atoms with Crippen LogP contribution in [-0.2, 0) is 6.42 Å².